The molecule has 1 aromatic rings. The number of aliphatic carboxylic acids is 1. The maximum Gasteiger partial charge on any atom is 0.328 e. The zero-order valence-corrected chi connectivity index (χ0v) is 6.82. The van der Waals surface area contributed by atoms with E-state index in [0.29, 0.717) is 10.6 Å². The molecule has 0 amide bonds. The van der Waals surface area contributed by atoms with Crippen molar-refractivity contribution < 1.29 is 9.90 Å². The van der Waals surface area contributed by atoms with E-state index in [4.69, 9.17) is 16.7 Å². The number of carbonyl (C=O) groups is 1. The van der Waals surface area contributed by atoms with Crippen molar-refractivity contribution in [2.24, 2.45) is 0 Å². The lowest BCUT2D eigenvalue weighted by Crippen LogP contribution is -1.86. The largest absolute Gasteiger partial charge is 0.478 e. The number of hydrogen-bond donors (Lipinski definition) is 1. The molecule has 1 heterocycles. The van der Waals surface area contributed by atoms with Gasteiger partial charge in [-0.05, 0) is 12.1 Å². The van der Waals surface area contributed by atoms with Gasteiger partial charge in [-0.25, -0.2) is 4.79 Å². The molecule has 12 heavy (non-hydrogen) atoms. The maximum atomic E-state index is 10.1. The Morgan fingerprint density at radius 2 is 2.42 bits per heavy atom. The monoisotopic (exact) mass is 183 g/mol. The summed E-state index contributed by atoms with van der Waals surface area (Å²) in [6.07, 6.45) is 5.46. The number of carboxylic acid groups (broad SMARTS) is 1. The van der Waals surface area contributed by atoms with Crippen molar-refractivity contribution in [1.29, 1.82) is 0 Å². The summed E-state index contributed by atoms with van der Waals surface area (Å²) >= 11 is 5.72. The van der Waals surface area contributed by atoms with Crippen LogP contribution in [0.25, 0.3) is 6.08 Å². The van der Waals surface area contributed by atoms with E-state index in [2.05, 4.69) is 4.98 Å². The zero-order chi connectivity index (χ0) is 8.97. The predicted octanol–water partition coefficient (Wildman–Crippen LogP) is 1.83. The lowest BCUT2D eigenvalue weighted by molar-refractivity contribution is -0.131. The Bertz CT molecular complexity index is 323. The molecule has 0 atom stereocenters. The van der Waals surface area contributed by atoms with Gasteiger partial charge in [0.05, 0.1) is 5.02 Å². The van der Waals surface area contributed by atoms with Gasteiger partial charge >= 0.3 is 5.97 Å². The van der Waals surface area contributed by atoms with Crippen molar-refractivity contribution in [1.82, 2.24) is 4.98 Å². The number of aromatic nitrogens is 1. The van der Waals surface area contributed by atoms with Crippen LogP contribution in [0.3, 0.4) is 0 Å². The highest BCUT2D eigenvalue weighted by Crippen LogP contribution is 2.14. The SMILES string of the molecule is O=C(O)C=Cc1cnccc1Cl. The van der Waals surface area contributed by atoms with E-state index in [1.54, 1.807) is 12.3 Å². The predicted molar refractivity (Wildman–Crippen MR) is 45.9 cm³/mol. The summed E-state index contributed by atoms with van der Waals surface area (Å²) in [7, 11) is 0. The molecule has 1 N–H and O–H groups in total. The van der Waals surface area contributed by atoms with Gasteiger partial charge in [-0.3, -0.25) is 4.98 Å². The molecule has 1 rings (SSSR count). The van der Waals surface area contributed by atoms with E-state index in [-0.39, 0.29) is 0 Å². The second kappa shape index (κ2) is 3.88. The Labute approximate surface area is 74.3 Å². The average Bonchev–Trinajstić information content (AvgIpc) is 2.03. The molecule has 4 heteroatoms. The minimum atomic E-state index is -1.00. The Balaban J connectivity index is 2.89. The summed E-state index contributed by atoms with van der Waals surface area (Å²) in [5, 5.41) is 8.80. The summed E-state index contributed by atoms with van der Waals surface area (Å²) in [4.78, 5) is 13.9. The lowest BCUT2D eigenvalue weighted by atomic mass is 10.2. The molecule has 62 valence electrons. The first-order valence-corrected chi connectivity index (χ1v) is 3.58. The first kappa shape index (κ1) is 8.74. The van der Waals surface area contributed by atoms with Gasteiger partial charge in [-0.2, -0.15) is 0 Å². The lowest BCUT2D eigenvalue weighted by Gasteiger charge is -1.93. The molecule has 0 aliphatic carbocycles. The molecular formula is C8H6ClNO2. The highest BCUT2D eigenvalue weighted by atomic mass is 35.5. The normalized spacial score (nSPS) is 10.4. The first-order chi connectivity index (χ1) is 5.70. The van der Waals surface area contributed by atoms with Gasteiger partial charge in [-0.1, -0.05) is 11.6 Å². The molecule has 0 aliphatic rings. The van der Waals surface area contributed by atoms with Crippen molar-refractivity contribution in [3.8, 4) is 0 Å². The van der Waals surface area contributed by atoms with E-state index in [1.807, 2.05) is 0 Å². The van der Waals surface area contributed by atoms with Gasteiger partial charge in [0.25, 0.3) is 0 Å². The van der Waals surface area contributed by atoms with Crippen LogP contribution in [-0.4, -0.2) is 16.1 Å². The minimum Gasteiger partial charge on any atom is -0.478 e. The second-order valence-electron chi connectivity index (χ2n) is 2.07. The van der Waals surface area contributed by atoms with Gasteiger partial charge in [0.2, 0.25) is 0 Å². The van der Waals surface area contributed by atoms with Crippen molar-refractivity contribution >= 4 is 23.6 Å². The average molecular weight is 184 g/mol. The third-order valence-corrected chi connectivity index (χ3v) is 1.55. The molecule has 0 aromatic carbocycles. The van der Waals surface area contributed by atoms with Crippen LogP contribution >= 0.6 is 11.6 Å². The summed E-state index contributed by atoms with van der Waals surface area (Å²) in [6, 6.07) is 1.60. The maximum absolute atomic E-state index is 10.1. The van der Waals surface area contributed by atoms with Crippen molar-refractivity contribution in [3.05, 3.63) is 35.1 Å². The molecular weight excluding hydrogens is 178 g/mol. The third-order valence-electron chi connectivity index (χ3n) is 1.20. The number of carboxylic acids is 1. The summed E-state index contributed by atoms with van der Waals surface area (Å²) in [5.41, 5.74) is 0.599. The highest BCUT2D eigenvalue weighted by molar-refractivity contribution is 6.32. The van der Waals surface area contributed by atoms with Gasteiger partial charge in [0, 0.05) is 24.0 Å². The number of pyridine rings is 1. The summed E-state index contributed by atoms with van der Waals surface area (Å²) in [6.45, 7) is 0. The molecule has 3 nitrogen and oxygen atoms in total. The van der Waals surface area contributed by atoms with Gasteiger partial charge in [-0.15, -0.1) is 0 Å². The molecule has 0 saturated heterocycles. The quantitative estimate of drug-likeness (QED) is 0.712. The Morgan fingerprint density at radius 3 is 3.00 bits per heavy atom. The van der Waals surface area contributed by atoms with E-state index in [0.717, 1.165) is 6.08 Å². The number of hydrogen-bond acceptors (Lipinski definition) is 2. The van der Waals surface area contributed by atoms with Crippen LogP contribution in [0.15, 0.2) is 24.5 Å². The molecule has 1 aromatic heterocycles. The fourth-order valence-electron chi connectivity index (χ4n) is 0.673. The van der Waals surface area contributed by atoms with Crippen LogP contribution in [0.5, 0.6) is 0 Å². The van der Waals surface area contributed by atoms with Crippen LogP contribution in [0.1, 0.15) is 5.56 Å². The van der Waals surface area contributed by atoms with E-state index in [1.165, 1.54) is 12.3 Å². The van der Waals surface area contributed by atoms with Crippen molar-refractivity contribution in [2.75, 3.05) is 0 Å². The number of nitrogens with zero attached hydrogens (tertiary/aromatic N) is 1. The molecule has 0 radical (unpaired) electrons. The standard InChI is InChI=1S/C8H6ClNO2/c9-7-3-4-10-5-6(7)1-2-8(11)12/h1-5H,(H,11,12). The van der Waals surface area contributed by atoms with Crippen LogP contribution in [0.4, 0.5) is 0 Å². The highest BCUT2D eigenvalue weighted by Gasteiger charge is 1.94. The zero-order valence-electron chi connectivity index (χ0n) is 6.07. The van der Waals surface area contributed by atoms with Crippen LogP contribution in [-0.2, 0) is 4.79 Å². The Kier molecular flexibility index (Phi) is 2.82. The van der Waals surface area contributed by atoms with Crippen molar-refractivity contribution in [3.63, 3.8) is 0 Å². The Hall–Kier alpha value is -1.35. The molecule has 0 unspecified atom stereocenters. The van der Waals surface area contributed by atoms with E-state index < -0.39 is 5.97 Å². The smallest absolute Gasteiger partial charge is 0.328 e. The Morgan fingerprint density at radius 1 is 1.67 bits per heavy atom. The molecule has 0 spiro atoms. The van der Waals surface area contributed by atoms with Crippen LogP contribution in [0, 0.1) is 0 Å². The fourth-order valence-corrected chi connectivity index (χ4v) is 0.842. The molecule has 0 bridgehead atoms. The van der Waals surface area contributed by atoms with Gasteiger partial charge in [0.1, 0.15) is 0 Å². The number of rotatable bonds is 2. The summed E-state index contributed by atoms with van der Waals surface area (Å²) in [5.74, 6) is -1.00. The van der Waals surface area contributed by atoms with Gasteiger partial charge < -0.3 is 5.11 Å². The van der Waals surface area contributed by atoms with Crippen LogP contribution in [0.2, 0.25) is 5.02 Å². The molecule has 0 aliphatic heterocycles. The molecule has 0 fully saturated rings. The van der Waals surface area contributed by atoms with Crippen LogP contribution < -0.4 is 0 Å². The summed E-state index contributed by atoms with van der Waals surface area (Å²) < 4.78 is 0. The minimum absolute atomic E-state index is 0.488. The van der Waals surface area contributed by atoms with E-state index >= 15 is 0 Å². The third kappa shape index (κ3) is 2.36. The number of halogens is 1. The fraction of sp³-hybridized carbons (Fsp3) is 0. The van der Waals surface area contributed by atoms with E-state index in [9.17, 15) is 4.79 Å². The topological polar surface area (TPSA) is 50.2 Å². The first-order valence-electron chi connectivity index (χ1n) is 3.20. The van der Waals surface area contributed by atoms with Crippen molar-refractivity contribution in [2.45, 2.75) is 0 Å². The second-order valence-corrected chi connectivity index (χ2v) is 2.48. The molecule has 0 saturated carbocycles. The van der Waals surface area contributed by atoms with Gasteiger partial charge in [0.15, 0.2) is 0 Å².